The summed E-state index contributed by atoms with van der Waals surface area (Å²) in [7, 11) is 0. The van der Waals surface area contributed by atoms with Gasteiger partial charge in [0.2, 0.25) is 0 Å². The Morgan fingerprint density at radius 1 is 1.56 bits per heavy atom. The average molecular weight is 218 g/mol. The summed E-state index contributed by atoms with van der Waals surface area (Å²) in [6.45, 7) is 2.05. The van der Waals surface area contributed by atoms with E-state index in [1.54, 1.807) is 13.0 Å². The lowest BCUT2D eigenvalue weighted by Crippen LogP contribution is -2.04. The zero-order valence-electron chi connectivity index (χ0n) is 8.71. The number of fused-ring (bicyclic) bond motifs is 1. The van der Waals surface area contributed by atoms with E-state index < -0.39 is 5.97 Å². The third-order valence-electron chi connectivity index (χ3n) is 1.85. The molecule has 2 aromatic rings. The molecule has 0 aliphatic carbocycles. The molecule has 0 unspecified atom stereocenters. The SMILES string of the molecule is CCOC(=O)/C=N/c1nc2ccccc2o1. The van der Waals surface area contributed by atoms with E-state index in [9.17, 15) is 4.79 Å². The first-order chi connectivity index (χ1) is 7.79. The van der Waals surface area contributed by atoms with Crippen molar-refractivity contribution in [2.75, 3.05) is 6.61 Å². The first kappa shape index (κ1) is 10.4. The van der Waals surface area contributed by atoms with E-state index in [0.29, 0.717) is 17.7 Å². The summed E-state index contributed by atoms with van der Waals surface area (Å²) < 4.78 is 9.96. The molecule has 0 spiro atoms. The second-order valence-electron chi connectivity index (χ2n) is 2.97. The molecule has 0 saturated heterocycles. The lowest BCUT2D eigenvalue weighted by atomic mass is 10.3. The van der Waals surface area contributed by atoms with Crippen molar-refractivity contribution in [3.8, 4) is 0 Å². The molecule has 0 amide bonds. The van der Waals surface area contributed by atoms with E-state index in [1.165, 1.54) is 0 Å². The van der Waals surface area contributed by atoms with E-state index in [-0.39, 0.29) is 6.01 Å². The number of ether oxygens (including phenoxy) is 1. The molecule has 0 saturated carbocycles. The summed E-state index contributed by atoms with van der Waals surface area (Å²) in [5.41, 5.74) is 1.34. The molecule has 1 aromatic carbocycles. The predicted octanol–water partition coefficient (Wildman–Crippen LogP) is 2.09. The van der Waals surface area contributed by atoms with Crippen molar-refractivity contribution in [1.29, 1.82) is 0 Å². The summed E-state index contributed by atoms with van der Waals surface area (Å²) in [5.74, 6) is -0.509. The maximum absolute atomic E-state index is 11.0. The van der Waals surface area contributed by atoms with Crippen molar-refractivity contribution in [2.24, 2.45) is 4.99 Å². The lowest BCUT2D eigenvalue weighted by Gasteiger charge is -1.91. The average Bonchev–Trinajstić information content (AvgIpc) is 2.69. The van der Waals surface area contributed by atoms with Gasteiger partial charge in [-0.15, -0.1) is 0 Å². The van der Waals surface area contributed by atoms with Gasteiger partial charge < -0.3 is 9.15 Å². The number of aliphatic imine (C=N–C) groups is 1. The Bertz CT molecular complexity index is 498. The van der Waals surface area contributed by atoms with Gasteiger partial charge in [-0.1, -0.05) is 12.1 Å². The molecule has 0 atom stereocenters. The Morgan fingerprint density at radius 3 is 3.12 bits per heavy atom. The fourth-order valence-corrected chi connectivity index (χ4v) is 1.20. The van der Waals surface area contributed by atoms with Crippen molar-refractivity contribution in [2.45, 2.75) is 6.92 Å². The third-order valence-corrected chi connectivity index (χ3v) is 1.85. The van der Waals surface area contributed by atoms with Crippen LogP contribution in [0, 0.1) is 0 Å². The van der Waals surface area contributed by atoms with Crippen LogP contribution in [0.3, 0.4) is 0 Å². The smallest absolute Gasteiger partial charge is 0.349 e. The number of para-hydroxylation sites is 2. The second kappa shape index (κ2) is 4.57. The van der Waals surface area contributed by atoms with E-state index in [4.69, 9.17) is 4.42 Å². The third kappa shape index (κ3) is 2.25. The first-order valence-electron chi connectivity index (χ1n) is 4.86. The number of oxazole rings is 1. The van der Waals surface area contributed by atoms with Crippen molar-refractivity contribution in [1.82, 2.24) is 4.98 Å². The molecule has 0 bridgehead atoms. The topological polar surface area (TPSA) is 64.7 Å². The van der Waals surface area contributed by atoms with Gasteiger partial charge in [0, 0.05) is 0 Å². The molecule has 0 aliphatic rings. The molecule has 0 aliphatic heterocycles. The van der Waals surface area contributed by atoms with Crippen LogP contribution < -0.4 is 0 Å². The van der Waals surface area contributed by atoms with E-state index in [1.807, 2.05) is 18.2 Å². The van der Waals surface area contributed by atoms with Gasteiger partial charge >= 0.3 is 12.0 Å². The first-order valence-corrected chi connectivity index (χ1v) is 4.86. The molecular weight excluding hydrogens is 208 g/mol. The number of carbonyl (C=O) groups excluding carboxylic acids is 1. The predicted molar refractivity (Wildman–Crippen MR) is 58.8 cm³/mol. The molecule has 5 heteroatoms. The van der Waals surface area contributed by atoms with Crippen LogP contribution in [-0.4, -0.2) is 23.8 Å². The summed E-state index contributed by atoms with van der Waals surface area (Å²) in [5, 5.41) is 0. The number of rotatable bonds is 3. The van der Waals surface area contributed by atoms with E-state index in [2.05, 4.69) is 14.7 Å². The van der Waals surface area contributed by atoms with Gasteiger partial charge in [0.15, 0.2) is 5.58 Å². The van der Waals surface area contributed by atoms with Crippen LogP contribution in [0.15, 0.2) is 33.7 Å². The number of aromatic nitrogens is 1. The van der Waals surface area contributed by atoms with Crippen LogP contribution in [0.25, 0.3) is 11.1 Å². The Labute approximate surface area is 91.8 Å². The van der Waals surface area contributed by atoms with Crippen LogP contribution in [0.5, 0.6) is 0 Å². The largest absolute Gasteiger partial charge is 0.462 e. The highest BCUT2D eigenvalue weighted by Crippen LogP contribution is 2.19. The maximum atomic E-state index is 11.0. The molecule has 82 valence electrons. The second-order valence-corrected chi connectivity index (χ2v) is 2.97. The van der Waals surface area contributed by atoms with Gasteiger partial charge in [0.25, 0.3) is 0 Å². The summed E-state index contributed by atoms with van der Waals surface area (Å²) in [6.07, 6.45) is 1.05. The Hall–Kier alpha value is -2.17. The normalized spacial score (nSPS) is 11.1. The molecule has 2 rings (SSSR count). The van der Waals surface area contributed by atoms with Crippen LogP contribution in [-0.2, 0) is 9.53 Å². The van der Waals surface area contributed by atoms with E-state index in [0.717, 1.165) is 6.21 Å². The van der Waals surface area contributed by atoms with Crippen molar-refractivity contribution < 1.29 is 13.9 Å². The lowest BCUT2D eigenvalue weighted by molar-refractivity contribution is -0.134. The standard InChI is InChI=1S/C11H10N2O3/c1-2-15-10(14)7-12-11-13-8-5-3-4-6-9(8)16-11/h3-7H,2H2,1H3/b12-7+. The monoisotopic (exact) mass is 218 g/mol. The molecule has 0 radical (unpaired) electrons. The molecule has 0 N–H and O–H groups in total. The highest BCUT2D eigenvalue weighted by atomic mass is 16.5. The number of esters is 1. The van der Waals surface area contributed by atoms with Gasteiger partial charge in [-0.3, -0.25) is 0 Å². The minimum Gasteiger partial charge on any atom is -0.462 e. The Kier molecular flexibility index (Phi) is 2.95. The van der Waals surface area contributed by atoms with Crippen molar-refractivity contribution in [3.05, 3.63) is 24.3 Å². The van der Waals surface area contributed by atoms with Crippen LogP contribution in [0.1, 0.15) is 6.92 Å². The van der Waals surface area contributed by atoms with Crippen molar-refractivity contribution in [3.63, 3.8) is 0 Å². The summed E-state index contributed by atoms with van der Waals surface area (Å²) in [4.78, 5) is 18.8. The number of hydrogen-bond acceptors (Lipinski definition) is 5. The maximum Gasteiger partial charge on any atom is 0.349 e. The zero-order chi connectivity index (χ0) is 11.4. The van der Waals surface area contributed by atoms with Crippen LogP contribution in [0.4, 0.5) is 6.01 Å². The van der Waals surface area contributed by atoms with Gasteiger partial charge in [0.05, 0.1) is 6.61 Å². The quantitative estimate of drug-likeness (QED) is 0.584. The zero-order valence-corrected chi connectivity index (χ0v) is 8.71. The van der Waals surface area contributed by atoms with Gasteiger partial charge in [0.1, 0.15) is 11.7 Å². The molecule has 1 aromatic heterocycles. The number of carbonyl (C=O) groups is 1. The minimum atomic E-state index is -0.509. The fraction of sp³-hybridized carbons (Fsp3) is 0.182. The van der Waals surface area contributed by atoms with Gasteiger partial charge in [-0.2, -0.15) is 9.98 Å². The highest BCUT2D eigenvalue weighted by molar-refractivity contribution is 6.23. The Morgan fingerprint density at radius 2 is 2.38 bits per heavy atom. The Balaban J connectivity index is 2.18. The number of benzene rings is 1. The number of hydrogen-bond donors (Lipinski definition) is 0. The van der Waals surface area contributed by atoms with E-state index >= 15 is 0 Å². The highest BCUT2D eigenvalue weighted by Gasteiger charge is 2.03. The molecular formula is C11H10N2O3. The van der Waals surface area contributed by atoms with Crippen LogP contribution in [0.2, 0.25) is 0 Å². The summed E-state index contributed by atoms with van der Waals surface area (Å²) >= 11 is 0. The van der Waals surface area contributed by atoms with Crippen molar-refractivity contribution >= 4 is 29.3 Å². The van der Waals surface area contributed by atoms with Crippen LogP contribution >= 0.6 is 0 Å². The summed E-state index contributed by atoms with van der Waals surface area (Å²) in [6, 6.07) is 7.43. The van der Waals surface area contributed by atoms with Gasteiger partial charge in [-0.25, -0.2) is 4.79 Å². The van der Waals surface area contributed by atoms with Gasteiger partial charge in [-0.05, 0) is 19.1 Å². The fourth-order valence-electron chi connectivity index (χ4n) is 1.20. The molecule has 5 nitrogen and oxygen atoms in total. The number of nitrogens with zero attached hydrogens (tertiary/aromatic N) is 2. The molecule has 1 heterocycles. The minimum absolute atomic E-state index is 0.147. The molecule has 0 fully saturated rings. The molecule has 16 heavy (non-hydrogen) atoms.